The molecule has 1 rings (SSSR count). The highest BCUT2D eigenvalue weighted by Gasteiger charge is 2.13. The third kappa shape index (κ3) is 2.90. The average molecular weight is 260 g/mol. The number of hydrogen-bond acceptors (Lipinski definition) is 4. The predicted molar refractivity (Wildman–Crippen MR) is 68.0 cm³/mol. The van der Waals surface area contributed by atoms with Crippen molar-refractivity contribution in [1.82, 2.24) is 5.32 Å². The lowest BCUT2D eigenvalue weighted by Crippen LogP contribution is -2.18. The lowest BCUT2D eigenvalue weighted by atomic mass is 10.1. The minimum atomic E-state index is 0.0161. The summed E-state index contributed by atoms with van der Waals surface area (Å²) in [7, 11) is 3.30. The highest BCUT2D eigenvalue weighted by Crippen LogP contribution is 2.35. The van der Waals surface area contributed by atoms with Crippen LogP contribution in [0.2, 0.25) is 5.02 Å². The van der Waals surface area contributed by atoms with Crippen LogP contribution in [-0.2, 0) is 0 Å². The SMILES string of the molecule is CNCC(=O)c1cc(Cl)c(OC)c(SC)c1. The Hall–Kier alpha value is -0.710. The van der Waals surface area contributed by atoms with Crippen molar-refractivity contribution in [3.05, 3.63) is 22.7 Å². The first-order valence-corrected chi connectivity index (χ1v) is 6.33. The van der Waals surface area contributed by atoms with Crippen molar-refractivity contribution in [3.63, 3.8) is 0 Å². The number of hydrogen-bond donors (Lipinski definition) is 1. The second kappa shape index (κ2) is 6.13. The summed E-state index contributed by atoms with van der Waals surface area (Å²) in [5.74, 6) is 0.637. The maximum Gasteiger partial charge on any atom is 0.176 e. The fourth-order valence-corrected chi connectivity index (χ4v) is 2.32. The van der Waals surface area contributed by atoms with Crippen LogP contribution in [0.25, 0.3) is 0 Å². The van der Waals surface area contributed by atoms with Gasteiger partial charge in [-0.05, 0) is 25.4 Å². The zero-order chi connectivity index (χ0) is 12.1. The number of ether oxygens (including phenoxy) is 1. The van der Waals surface area contributed by atoms with E-state index in [9.17, 15) is 4.79 Å². The van der Waals surface area contributed by atoms with E-state index in [2.05, 4.69) is 5.32 Å². The van der Waals surface area contributed by atoms with Gasteiger partial charge in [0.25, 0.3) is 0 Å². The smallest absolute Gasteiger partial charge is 0.176 e. The van der Waals surface area contributed by atoms with E-state index in [0.717, 1.165) is 4.90 Å². The molecule has 0 bridgehead atoms. The molecule has 5 heteroatoms. The van der Waals surface area contributed by atoms with Gasteiger partial charge in [0.15, 0.2) is 11.5 Å². The first-order valence-electron chi connectivity index (χ1n) is 4.73. The molecule has 0 heterocycles. The van der Waals surface area contributed by atoms with Crippen LogP contribution in [0.4, 0.5) is 0 Å². The summed E-state index contributed by atoms with van der Waals surface area (Å²) in [6, 6.07) is 3.44. The Morgan fingerprint density at radius 1 is 1.56 bits per heavy atom. The van der Waals surface area contributed by atoms with Crippen LogP contribution in [-0.4, -0.2) is 32.7 Å². The van der Waals surface area contributed by atoms with Gasteiger partial charge in [-0.2, -0.15) is 0 Å². The predicted octanol–water partition coefficient (Wildman–Crippen LogP) is 2.47. The minimum absolute atomic E-state index is 0.0161. The van der Waals surface area contributed by atoms with Crippen molar-refractivity contribution in [2.45, 2.75) is 4.90 Å². The van der Waals surface area contributed by atoms with Crippen molar-refractivity contribution in [1.29, 1.82) is 0 Å². The van der Waals surface area contributed by atoms with Gasteiger partial charge in [0, 0.05) is 5.56 Å². The largest absolute Gasteiger partial charge is 0.494 e. The number of benzene rings is 1. The van der Waals surface area contributed by atoms with Gasteiger partial charge in [-0.1, -0.05) is 11.6 Å². The van der Waals surface area contributed by atoms with Crippen LogP contribution in [0, 0.1) is 0 Å². The number of carbonyl (C=O) groups excluding carboxylic acids is 1. The van der Waals surface area contributed by atoms with Gasteiger partial charge in [-0.25, -0.2) is 0 Å². The first kappa shape index (κ1) is 13.4. The Labute approximate surface area is 105 Å². The van der Waals surface area contributed by atoms with Gasteiger partial charge in [0.05, 0.1) is 23.6 Å². The van der Waals surface area contributed by atoms with E-state index in [1.165, 1.54) is 11.8 Å². The number of nitrogens with one attached hydrogen (secondary N) is 1. The second-order valence-electron chi connectivity index (χ2n) is 3.15. The van der Waals surface area contributed by atoms with E-state index >= 15 is 0 Å². The van der Waals surface area contributed by atoms with Crippen molar-refractivity contribution >= 4 is 29.1 Å². The normalized spacial score (nSPS) is 10.2. The van der Waals surface area contributed by atoms with Crippen molar-refractivity contribution in [3.8, 4) is 5.75 Å². The van der Waals surface area contributed by atoms with Crippen LogP contribution in [0.3, 0.4) is 0 Å². The summed E-state index contributed by atoms with van der Waals surface area (Å²) in [6.45, 7) is 0.302. The Morgan fingerprint density at radius 3 is 2.75 bits per heavy atom. The van der Waals surface area contributed by atoms with E-state index in [1.54, 1.807) is 26.3 Å². The number of methoxy groups -OCH3 is 1. The maximum absolute atomic E-state index is 11.7. The fourth-order valence-electron chi connectivity index (χ4n) is 1.34. The Kier molecular flexibility index (Phi) is 5.12. The standard InChI is InChI=1S/C11H14ClNO2S/c1-13-6-9(14)7-4-8(12)11(15-2)10(5-7)16-3/h4-5,13H,6H2,1-3H3. The van der Waals surface area contributed by atoms with Crippen LogP contribution in [0.5, 0.6) is 5.75 Å². The third-order valence-corrected chi connectivity index (χ3v) is 3.12. The zero-order valence-electron chi connectivity index (χ0n) is 9.46. The summed E-state index contributed by atoms with van der Waals surface area (Å²) in [5, 5.41) is 3.29. The Morgan fingerprint density at radius 2 is 2.25 bits per heavy atom. The quantitative estimate of drug-likeness (QED) is 0.651. The molecule has 0 atom stereocenters. The molecule has 0 unspecified atom stereocenters. The molecule has 1 aromatic carbocycles. The second-order valence-corrected chi connectivity index (χ2v) is 4.40. The fraction of sp³-hybridized carbons (Fsp3) is 0.364. The topological polar surface area (TPSA) is 38.3 Å². The number of likely N-dealkylation sites (N-methyl/N-ethyl adjacent to an activating group) is 1. The molecular formula is C11H14ClNO2S. The van der Waals surface area contributed by atoms with Gasteiger partial charge in [0.2, 0.25) is 0 Å². The summed E-state index contributed by atoms with van der Waals surface area (Å²) >= 11 is 7.55. The van der Waals surface area contributed by atoms with E-state index in [1.807, 2.05) is 6.26 Å². The molecule has 0 saturated carbocycles. The summed E-state index contributed by atoms with van der Waals surface area (Å²) in [4.78, 5) is 12.6. The molecule has 16 heavy (non-hydrogen) atoms. The van der Waals surface area contributed by atoms with Gasteiger partial charge >= 0.3 is 0 Å². The molecule has 0 aliphatic rings. The molecule has 1 N–H and O–H groups in total. The number of rotatable bonds is 5. The number of Topliss-reactive ketones (excluding diaryl/α,β-unsaturated/α-hetero) is 1. The van der Waals surface area contributed by atoms with Crippen molar-refractivity contribution in [2.75, 3.05) is 27.0 Å². The molecule has 1 aromatic rings. The number of ketones is 1. The molecule has 0 spiro atoms. The van der Waals surface area contributed by atoms with Crippen LogP contribution in [0.15, 0.2) is 17.0 Å². The lowest BCUT2D eigenvalue weighted by Gasteiger charge is -2.10. The Bertz CT molecular complexity index is 396. The van der Waals surface area contributed by atoms with E-state index in [0.29, 0.717) is 22.9 Å². The molecule has 0 radical (unpaired) electrons. The minimum Gasteiger partial charge on any atom is -0.494 e. The molecule has 3 nitrogen and oxygen atoms in total. The summed E-state index contributed by atoms with van der Waals surface area (Å²) in [6.07, 6.45) is 1.92. The molecule has 0 amide bonds. The number of thioether (sulfide) groups is 1. The molecule has 0 aromatic heterocycles. The highest BCUT2D eigenvalue weighted by molar-refractivity contribution is 7.98. The number of carbonyl (C=O) groups is 1. The summed E-state index contributed by atoms with van der Waals surface area (Å²) in [5.41, 5.74) is 0.601. The van der Waals surface area contributed by atoms with E-state index < -0.39 is 0 Å². The van der Waals surface area contributed by atoms with Gasteiger partial charge < -0.3 is 10.1 Å². The van der Waals surface area contributed by atoms with Crippen LogP contribution < -0.4 is 10.1 Å². The van der Waals surface area contributed by atoms with Crippen LogP contribution >= 0.6 is 23.4 Å². The molecule has 0 aliphatic carbocycles. The lowest BCUT2D eigenvalue weighted by molar-refractivity contribution is 0.0993. The molecule has 0 fully saturated rings. The van der Waals surface area contributed by atoms with Crippen molar-refractivity contribution in [2.24, 2.45) is 0 Å². The van der Waals surface area contributed by atoms with Crippen LogP contribution in [0.1, 0.15) is 10.4 Å². The monoisotopic (exact) mass is 259 g/mol. The first-order chi connectivity index (χ1) is 7.63. The highest BCUT2D eigenvalue weighted by atomic mass is 35.5. The molecular weight excluding hydrogens is 246 g/mol. The van der Waals surface area contributed by atoms with E-state index in [-0.39, 0.29) is 5.78 Å². The average Bonchev–Trinajstić information content (AvgIpc) is 2.28. The van der Waals surface area contributed by atoms with Crippen molar-refractivity contribution < 1.29 is 9.53 Å². The molecule has 0 saturated heterocycles. The molecule has 0 aliphatic heterocycles. The summed E-state index contributed by atoms with van der Waals surface area (Å²) < 4.78 is 5.18. The number of halogens is 1. The van der Waals surface area contributed by atoms with Gasteiger partial charge in [0.1, 0.15) is 0 Å². The Balaban J connectivity index is 3.15. The van der Waals surface area contributed by atoms with E-state index in [4.69, 9.17) is 16.3 Å². The molecule has 88 valence electrons. The zero-order valence-corrected chi connectivity index (χ0v) is 11.0. The maximum atomic E-state index is 11.7. The third-order valence-electron chi connectivity index (χ3n) is 2.09. The van der Waals surface area contributed by atoms with Gasteiger partial charge in [-0.3, -0.25) is 4.79 Å². The van der Waals surface area contributed by atoms with Gasteiger partial charge in [-0.15, -0.1) is 11.8 Å².